The van der Waals surface area contributed by atoms with Crippen molar-refractivity contribution in [3.05, 3.63) is 34.6 Å². The molecule has 1 aliphatic rings. The molecular formula is C12H15ClFNO. The van der Waals surface area contributed by atoms with Crippen LogP contribution in [-0.2, 0) is 0 Å². The van der Waals surface area contributed by atoms with Gasteiger partial charge in [0.25, 0.3) is 0 Å². The van der Waals surface area contributed by atoms with Crippen molar-refractivity contribution < 1.29 is 9.50 Å². The van der Waals surface area contributed by atoms with Crippen LogP contribution in [0, 0.1) is 11.7 Å². The molecule has 1 atom stereocenters. The van der Waals surface area contributed by atoms with Gasteiger partial charge in [-0.05, 0) is 31.4 Å². The molecule has 0 saturated heterocycles. The van der Waals surface area contributed by atoms with Gasteiger partial charge in [-0.3, -0.25) is 0 Å². The molecule has 0 spiro atoms. The average Bonchev–Trinajstić information content (AvgIpc) is 3.08. The summed E-state index contributed by atoms with van der Waals surface area (Å²) in [7, 11) is 0. The Morgan fingerprint density at radius 1 is 1.50 bits per heavy atom. The van der Waals surface area contributed by atoms with E-state index in [1.807, 2.05) is 0 Å². The molecule has 1 saturated carbocycles. The maximum absolute atomic E-state index is 13.7. The second-order valence-corrected chi connectivity index (χ2v) is 4.64. The van der Waals surface area contributed by atoms with Crippen LogP contribution in [0.15, 0.2) is 18.2 Å². The summed E-state index contributed by atoms with van der Waals surface area (Å²) in [6, 6.07) is 4.50. The Hall–Kier alpha value is -0.640. The molecule has 16 heavy (non-hydrogen) atoms. The van der Waals surface area contributed by atoms with Gasteiger partial charge in [-0.25, -0.2) is 4.39 Å². The Morgan fingerprint density at radius 2 is 2.25 bits per heavy atom. The summed E-state index contributed by atoms with van der Waals surface area (Å²) in [5.41, 5.74) is 0.440. The van der Waals surface area contributed by atoms with E-state index in [9.17, 15) is 9.50 Å². The van der Waals surface area contributed by atoms with Crippen molar-refractivity contribution in [2.24, 2.45) is 5.92 Å². The Labute approximate surface area is 99.4 Å². The monoisotopic (exact) mass is 243 g/mol. The summed E-state index contributed by atoms with van der Waals surface area (Å²) < 4.78 is 13.7. The molecule has 1 fully saturated rings. The zero-order chi connectivity index (χ0) is 11.5. The van der Waals surface area contributed by atoms with Gasteiger partial charge in [-0.2, -0.15) is 0 Å². The third kappa shape index (κ3) is 2.73. The van der Waals surface area contributed by atoms with Crippen LogP contribution in [0.4, 0.5) is 4.39 Å². The highest BCUT2D eigenvalue weighted by Gasteiger charge is 2.23. The first-order valence-corrected chi connectivity index (χ1v) is 5.88. The number of hydrogen-bond donors (Lipinski definition) is 2. The molecule has 2 nitrogen and oxygen atoms in total. The molecule has 0 radical (unpaired) electrons. The quantitative estimate of drug-likeness (QED) is 0.833. The molecule has 0 bridgehead atoms. The number of rotatable bonds is 5. The first kappa shape index (κ1) is 11.8. The van der Waals surface area contributed by atoms with E-state index in [0.717, 1.165) is 6.54 Å². The molecule has 0 heterocycles. The fourth-order valence-electron chi connectivity index (χ4n) is 1.69. The van der Waals surface area contributed by atoms with Crippen molar-refractivity contribution in [1.82, 2.24) is 5.32 Å². The normalized spacial score (nSPS) is 17.4. The van der Waals surface area contributed by atoms with Gasteiger partial charge in [0.2, 0.25) is 0 Å². The number of hydrogen-bond acceptors (Lipinski definition) is 2. The van der Waals surface area contributed by atoms with E-state index in [1.54, 1.807) is 12.1 Å². The molecular weight excluding hydrogens is 229 g/mol. The summed E-state index contributed by atoms with van der Waals surface area (Å²) in [6.45, 7) is 0.709. The predicted octanol–water partition coefficient (Wildman–Crippen LogP) is 2.51. The third-order valence-electron chi connectivity index (χ3n) is 2.89. The van der Waals surface area contributed by atoms with Crippen LogP contribution in [0.25, 0.3) is 0 Å². The van der Waals surface area contributed by atoms with E-state index in [1.165, 1.54) is 18.9 Å². The Kier molecular flexibility index (Phi) is 3.79. The maximum Gasteiger partial charge on any atom is 0.146 e. The maximum atomic E-state index is 13.7. The van der Waals surface area contributed by atoms with Gasteiger partial charge in [-0.1, -0.05) is 23.7 Å². The topological polar surface area (TPSA) is 32.3 Å². The summed E-state index contributed by atoms with van der Waals surface area (Å²) >= 11 is 5.71. The molecule has 1 aliphatic carbocycles. The predicted molar refractivity (Wildman–Crippen MR) is 62.0 cm³/mol. The smallest absolute Gasteiger partial charge is 0.146 e. The Bertz CT molecular complexity index is 368. The first-order chi connectivity index (χ1) is 7.72. The molecule has 4 heteroatoms. The van der Waals surface area contributed by atoms with Crippen LogP contribution in [0.3, 0.4) is 0 Å². The van der Waals surface area contributed by atoms with E-state index in [0.29, 0.717) is 11.5 Å². The van der Waals surface area contributed by atoms with Gasteiger partial charge in [0.1, 0.15) is 5.82 Å². The van der Waals surface area contributed by atoms with Gasteiger partial charge < -0.3 is 10.4 Å². The minimum atomic E-state index is -0.438. The van der Waals surface area contributed by atoms with Gasteiger partial charge >= 0.3 is 0 Å². The summed E-state index contributed by atoms with van der Waals surface area (Å²) in [5, 5.41) is 12.5. The summed E-state index contributed by atoms with van der Waals surface area (Å²) in [4.78, 5) is 0. The second kappa shape index (κ2) is 5.13. The molecule has 0 aromatic heterocycles. The number of nitrogens with one attached hydrogen (secondary N) is 1. The summed E-state index contributed by atoms with van der Waals surface area (Å²) in [5.74, 6) is 0.253. The third-order valence-corrected chi connectivity index (χ3v) is 3.18. The minimum absolute atomic E-state index is 0.101. The highest BCUT2D eigenvalue weighted by atomic mass is 35.5. The number of aliphatic hydroxyl groups excluding tert-OH is 1. The van der Waals surface area contributed by atoms with E-state index >= 15 is 0 Å². The molecule has 1 aromatic rings. The van der Waals surface area contributed by atoms with Crippen molar-refractivity contribution in [2.45, 2.75) is 18.9 Å². The minimum Gasteiger partial charge on any atom is -0.394 e. The standard InChI is InChI=1S/C12H15ClFNO/c13-10-3-1-2-9(12(10)14)11(7-16)15-6-8-4-5-8/h1-3,8,11,15-16H,4-7H2. The summed E-state index contributed by atoms with van der Waals surface area (Å²) in [6.07, 6.45) is 2.45. The number of aliphatic hydroxyl groups is 1. The first-order valence-electron chi connectivity index (χ1n) is 5.50. The lowest BCUT2D eigenvalue weighted by Gasteiger charge is -2.17. The van der Waals surface area contributed by atoms with E-state index < -0.39 is 5.82 Å². The molecule has 1 unspecified atom stereocenters. The lowest BCUT2D eigenvalue weighted by Crippen LogP contribution is -2.27. The highest BCUT2D eigenvalue weighted by Crippen LogP contribution is 2.29. The Morgan fingerprint density at radius 3 is 2.88 bits per heavy atom. The van der Waals surface area contributed by atoms with Crippen LogP contribution >= 0.6 is 11.6 Å². The van der Waals surface area contributed by atoms with Crippen LogP contribution in [0.2, 0.25) is 5.02 Å². The largest absolute Gasteiger partial charge is 0.394 e. The lowest BCUT2D eigenvalue weighted by atomic mass is 10.1. The highest BCUT2D eigenvalue weighted by molar-refractivity contribution is 6.30. The SMILES string of the molecule is OCC(NCC1CC1)c1cccc(Cl)c1F. The molecule has 0 aliphatic heterocycles. The van der Waals surface area contributed by atoms with Gasteiger partial charge in [-0.15, -0.1) is 0 Å². The van der Waals surface area contributed by atoms with Gasteiger partial charge in [0, 0.05) is 5.56 Å². The van der Waals surface area contributed by atoms with Crippen molar-refractivity contribution in [1.29, 1.82) is 0 Å². The number of benzene rings is 1. The second-order valence-electron chi connectivity index (χ2n) is 4.23. The van der Waals surface area contributed by atoms with Crippen LogP contribution in [0.5, 0.6) is 0 Å². The fraction of sp³-hybridized carbons (Fsp3) is 0.500. The van der Waals surface area contributed by atoms with Crippen molar-refractivity contribution in [2.75, 3.05) is 13.2 Å². The van der Waals surface area contributed by atoms with E-state index in [-0.39, 0.29) is 17.7 Å². The molecule has 2 rings (SSSR count). The van der Waals surface area contributed by atoms with Crippen LogP contribution in [-0.4, -0.2) is 18.3 Å². The zero-order valence-corrected chi connectivity index (χ0v) is 9.67. The van der Waals surface area contributed by atoms with Crippen LogP contribution in [0.1, 0.15) is 24.4 Å². The average molecular weight is 244 g/mol. The molecule has 1 aromatic carbocycles. The van der Waals surface area contributed by atoms with Crippen molar-refractivity contribution in [3.63, 3.8) is 0 Å². The van der Waals surface area contributed by atoms with Crippen molar-refractivity contribution >= 4 is 11.6 Å². The van der Waals surface area contributed by atoms with Gasteiger partial charge in [0.05, 0.1) is 17.7 Å². The van der Waals surface area contributed by atoms with E-state index in [2.05, 4.69) is 5.32 Å². The fourth-order valence-corrected chi connectivity index (χ4v) is 1.88. The van der Waals surface area contributed by atoms with E-state index in [4.69, 9.17) is 11.6 Å². The van der Waals surface area contributed by atoms with Gasteiger partial charge in [0.15, 0.2) is 0 Å². The number of halogens is 2. The zero-order valence-electron chi connectivity index (χ0n) is 8.92. The van der Waals surface area contributed by atoms with Crippen molar-refractivity contribution in [3.8, 4) is 0 Å². The lowest BCUT2D eigenvalue weighted by molar-refractivity contribution is 0.240. The molecule has 0 amide bonds. The van der Waals surface area contributed by atoms with Crippen LogP contribution < -0.4 is 5.32 Å². The Balaban J connectivity index is 2.08. The molecule has 88 valence electrons. The molecule has 2 N–H and O–H groups in total.